The SMILES string of the molecule is O=C(c1ccc(Cl)cc1)N1CCc2cc(C(O)N3CCN(c4cccc(Cl)c4)CC3)ccc21. The van der Waals surface area contributed by atoms with Gasteiger partial charge in [0.05, 0.1) is 0 Å². The zero-order valence-electron chi connectivity index (χ0n) is 18.1. The molecule has 33 heavy (non-hydrogen) atoms. The first-order valence-corrected chi connectivity index (χ1v) is 11.9. The molecule has 7 heteroatoms. The van der Waals surface area contributed by atoms with Crippen molar-refractivity contribution in [3.05, 3.63) is 93.5 Å². The van der Waals surface area contributed by atoms with Gasteiger partial charge in [0.15, 0.2) is 0 Å². The fourth-order valence-electron chi connectivity index (χ4n) is 4.65. The standard InChI is InChI=1S/C26H25Cl2N3O2/c27-21-7-4-18(5-8-21)26(33)31-11-10-19-16-20(6-9-24(19)31)25(32)30-14-12-29(13-15-30)23-3-1-2-22(28)17-23/h1-9,16-17,25,32H,10-15H2. The zero-order valence-corrected chi connectivity index (χ0v) is 19.6. The van der Waals surface area contributed by atoms with Crippen LogP contribution in [0, 0.1) is 0 Å². The lowest BCUT2D eigenvalue weighted by atomic mass is 10.1. The molecule has 5 nitrogen and oxygen atoms in total. The molecule has 0 aromatic heterocycles. The molecule has 0 bridgehead atoms. The number of hydrogen-bond acceptors (Lipinski definition) is 4. The summed E-state index contributed by atoms with van der Waals surface area (Å²) in [5, 5.41) is 12.4. The van der Waals surface area contributed by atoms with E-state index in [2.05, 4.69) is 15.9 Å². The Bertz CT molecular complexity index is 1160. The zero-order chi connectivity index (χ0) is 22.9. The number of carbonyl (C=O) groups excluding carboxylic acids is 1. The van der Waals surface area contributed by atoms with Crippen molar-refractivity contribution in [1.82, 2.24) is 4.90 Å². The number of aliphatic hydroxyl groups is 1. The van der Waals surface area contributed by atoms with Crippen molar-refractivity contribution in [2.45, 2.75) is 12.6 Å². The summed E-state index contributed by atoms with van der Waals surface area (Å²) in [4.78, 5) is 19.2. The first kappa shape index (κ1) is 22.2. The van der Waals surface area contributed by atoms with Gasteiger partial charge in [-0.2, -0.15) is 0 Å². The van der Waals surface area contributed by atoms with Crippen molar-refractivity contribution in [1.29, 1.82) is 0 Å². The van der Waals surface area contributed by atoms with Crippen molar-refractivity contribution >= 4 is 40.5 Å². The van der Waals surface area contributed by atoms with Gasteiger partial charge in [0.25, 0.3) is 5.91 Å². The van der Waals surface area contributed by atoms with Gasteiger partial charge in [-0.05, 0) is 72.1 Å². The summed E-state index contributed by atoms with van der Waals surface area (Å²) in [7, 11) is 0. The summed E-state index contributed by atoms with van der Waals surface area (Å²) in [6, 6.07) is 20.8. The Morgan fingerprint density at radius 2 is 1.61 bits per heavy atom. The second-order valence-electron chi connectivity index (χ2n) is 8.48. The number of benzene rings is 3. The number of rotatable bonds is 4. The highest BCUT2D eigenvalue weighted by atomic mass is 35.5. The summed E-state index contributed by atoms with van der Waals surface area (Å²) in [5.41, 5.74) is 4.60. The third kappa shape index (κ3) is 4.59. The number of piperazine rings is 1. The van der Waals surface area contributed by atoms with Gasteiger partial charge in [-0.3, -0.25) is 9.69 Å². The fourth-order valence-corrected chi connectivity index (χ4v) is 4.96. The molecular formula is C26H25Cl2N3O2. The monoisotopic (exact) mass is 481 g/mol. The topological polar surface area (TPSA) is 47.0 Å². The predicted molar refractivity (Wildman–Crippen MR) is 133 cm³/mol. The number of carbonyl (C=O) groups is 1. The van der Waals surface area contributed by atoms with Gasteiger partial charge in [-0.1, -0.05) is 35.3 Å². The van der Waals surface area contributed by atoms with Crippen LogP contribution in [0.25, 0.3) is 0 Å². The Labute approximate surface area is 203 Å². The highest BCUT2D eigenvalue weighted by molar-refractivity contribution is 6.31. The molecular weight excluding hydrogens is 457 g/mol. The highest BCUT2D eigenvalue weighted by Gasteiger charge is 2.28. The minimum atomic E-state index is -0.669. The predicted octanol–water partition coefficient (Wildman–Crippen LogP) is 5.01. The Morgan fingerprint density at radius 3 is 2.33 bits per heavy atom. The van der Waals surface area contributed by atoms with E-state index < -0.39 is 6.23 Å². The van der Waals surface area contributed by atoms with E-state index in [1.54, 1.807) is 29.2 Å². The molecule has 1 N–H and O–H groups in total. The maximum absolute atomic E-state index is 13.0. The third-order valence-electron chi connectivity index (χ3n) is 6.47. The van der Waals surface area contributed by atoms with Crippen LogP contribution < -0.4 is 9.80 Å². The number of hydrogen-bond donors (Lipinski definition) is 1. The van der Waals surface area contributed by atoms with Crippen LogP contribution in [0.1, 0.15) is 27.7 Å². The second-order valence-corrected chi connectivity index (χ2v) is 9.35. The molecule has 2 aliphatic heterocycles. The van der Waals surface area contributed by atoms with Gasteiger partial charge in [-0.15, -0.1) is 0 Å². The van der Waals surface area contributed by atoms with E-state index in [-0.39, 0.29) is 5.91 Å². The number of nitrogens with zero attached hydrogens (tertiary/aromatic N) is 3. The molecule has 0 aliphatic carbocycles. The Morgan fingerprint density at radius 1 is 0.848 bits per heavy atom. The molecule has 3 aromatic rings. The molecule has 2 heterocycles. The van der Waals surface area contributed by atoms with E-state index in [0.717, 1.165) is 60.1 Å². The molecule has 1 unspecified atom stereocenters. The number of aliphatic hydroxyl groups excluding tert-OH is 1. The molecule has 5 rings (SSSR count). The molecule has 2 aliphatic rings. The molecule has 1 atom stereocenters. The second kappa shape index (κ2) is 9.35. The van der Waals surface area contributed by atoms with Crippen LogP contribution >= 0.6 is 23.2 Å². The van der Waals surface area contributed by atoms with Crippen molar-refractivity contribution in [2.75, 3.05) is 42.5 Å². The van der Waals surface area contributed by atoms with E-state index >= 15 is 0 Å². The van der Waals surface area contributed by atoms with Crippen molar-refractivity contribution in [2.24, 2.45) is 0 Å². The Kier molecular flexibility index (Phi) is 6.30. The maximum Gasteiger partial charge on any atom is 0.258 e. The van der Waals surface area contributed by atoms with Crippen LogP contribution in [0.15, 0.2) is 66.7 Å². The van der Waals surface area contributed by atoms with Crippen molar-refractivity contribution in [3.63, 3.8) is 0 Å². The van der Waals surface area contributed by atoms with Crippen molar-refractivity contribution in [3.8, 4) is 0 Å². The summed E-state index contributed by atoms with van der Waals surface area (Å²) in [6.07, 6.45) is 0.107. The lowest BCUT2D eigenvalue weighted by molar-refractivity contribution is -0.00164. The van der Waals surface area contributed by atoms with Crippen LogP contribution in [0.3, 0.4) is 0 Å². The maximum atomic E-state index is 13.0. The van der Waals surface area contributed by atoms with Gasteiger partial charge in [-0.25, -0.2) is 0 Å². The van der Waals surface area contributed by atoms with Crippen LogP contribution in [0.4, 0.5) is 11.4 Å². The lowest BCUT2D eigenvalue weighted by Crippen LogP contribution is -2.47. The van der Waals surface area contributed by atoms with Crippen LogP contribution in [0.5, 0.6) is 0 Å². The first-order chi connectivity index (χ1) is 16.0. The molecule has 0 radical (unpaired) electrons. The van der Waals surface area contributed by atoms with E-state index in [1.165, 1.54) is 0 Å². The fraction of sp³-hybridized carbons (Fsp3) is 0.269. The largest absolute Gasteiger partial charge is 0.374 e. The van der Waals surface area contributed by atoms with Crippen LogP contribution in [0.2, 0.25) is 10.0 Å². The highest BCUT2D eigenvalue weighted by Crippen LogP contribution is 2.33. The smallest absolute Gasteiger partial charge is 0.258 e. The third-order valence-corrected chi connectivity index (χ3v) is 6.95. The number of fused-ring (bicyclic) bond motifs is 1. The summed E-state index contributed by atoms with van der Waals surface area (Å²) in [6.45, 7) is 3.80. The van der Waals surface area contributed by atoms with E-state index in [1.807, 2.05) is 36.4 Å². The van der Waals surface area contributed by atoms with E-state index in [9.17, 15) is 9.90 Å². The average molecular weight is 482 g/mol. The van der Waals surface area contributed by atoms with Crippen LogP contribution in [-0.2, 0) is 6.42 Å². The molecule has 1 saturated heterocycles. The van der Waals surface area contributed by atoms with Crippen molar-refractivity contribution < 1.29 is 9.90 Å². The van der Waals surface area contributed by atoms with Crippen LogP contribution in [-0.4, -0.2) is 48.6 Å². The summed E-state index contributed by atoms with van der Waals surface area (Å²) >= 11 is 12.1. The molecule has 3 aromatic carbocycles. The van der Waals surface area contributed by atoms with Gasteiger partial charge in [0.1, 0.15) is 6.23 Å². The average Bonchev–Trinajstić information content (AvgIpc) is 3.27. The Hall–Kier alpha value is -2.57. The molecule has 0 saturated carbocycles. The minimum Gasteiger partial charge on any atom is -0.374 e. The first-order valence-electron chi connectivity index (χ1n) is 11.1. The number of amides is 1. The number of halogens is 2. The lowest BCUT2D eigenvalue weighted by Gasteiger charge is -2.38. The van der Waals surface area contributed by atoms with Gasteiger partial charge >= 0.3 is 0 Å². The molecule has 1 fully saturated rings. The molecule has 1 amide bonds. The minimum absolute atomic E-state index is 0.0316. The normalized spacial score (nSPS) is 17.2. The van der Waals surface area contributed by atoms with Gasteiger partial charge in [0, 0.05) is 59.7 Å². The molecule has 170 valence electrons. The van der Waals surface area contributed by atoms with Gasteiger partial charge < -0.3 is 14.9 Å². The summed E-state index contributed by atoms with van der Waals surface area (Å²) < 4.78 is 0. The number of anilines is 2. The summed E-state index contributed by atoms with van der Waals surface area (Å²) in [5.74, 6) is -0.0316. The van der Waals surface area contributed by atoms with E-state index in [4.69, 9.17) is 23.2 Å². The van der Waals surface area contributed by atoms with Gasteiger partial charge in [0.2, 0.25) is 0 Å². The Balaban J connectivity index is 1.26. The quantitative estimate of drug-likeness (QED) is 0.568. The molecule has 0 spiro atoms. The van der Waals surface area contributed by atoms with E-state index in [0.29, 0.717) is 17.1 Å².